The third-order valence-electron chi connectivity index (χ3n) is 3.36. The molecule has 1 unspecified atom stereocenters. The van der Waals surface area contributed by atoms with Crippen LogP contribution in [-0.4, -0.2) is 48.9 Å². The molecule has 2 rings (SSSR count). The normalized spacial score (nSPS) is 19.6. The van der Waals surface area contributed by atoms with Crippen molar-refractivity contribution < 1.29 is 9.59 Å². The molecule has 108 valence electrons. The number of hydrogen-bond acceptors (Lipinski definition) is 4. The molecule has 0 aliphatic carbocycles. The molecule has 1 aromatic carbocycles. The molecule has 1 aromatic rings. The summed E-state index contributed by atoms with van der Waals surface area (Å²) in [6.45, 7) is 4.78. The fourth-order valence-electron chi connectivity index (χ4n) is 2.18. The Morgan fingerprint density at radius 2 is 2.20 bits per heavy atom. The van der Waals surface area contributed by atoms with Crippen LogP contribution in [0.2, 0.25) is 5.02 Å². The molecule has 1 aliphatic heterocycles. The zero-order valence-electron chi connectivity index (χ0n) is 11.4. The summed E-state index contributed by atoms with van der Waals surface area (Å²) in [5, 5.41) is 5.98. The van der Waals surface area contributed by atoms with Gasteiger partial charge in [-0.1, -0.05) is 23.7 Å². The minimum absolute atomic E-state index is 0.221. The molecule has 5 nitrogen and oxygen atoms in total. The van der Waals surface area contributed by atoms with Gasteiger partial charge in [0.15, 0.2) is 0 Å². The van der Waals surface area contributed by atoms with Crippen LogP contribution >= 0.6 is 11.6 Å². The lowest BCUT2D eigenvalue weighted by Gasteiger charge is -2.33. The lowest BCUT2D eigenvalue weighted by molar-refractivity contribution is -0.121. The molecule has 1 heterocycles. The molecule has 0 bridgehead atoms. The predicted molar refractivity (Wildman–Crippen MR) is 77.8 cm³/mol. The largest absolute Gasteiger partial charge is 0.314 e. The van der Waals surface area contributed by atoms with E-state index in [1.54, 1.807) is 24.3 Å². The molecule has 1 fully saturated rings. The fraction of sp³-hybridized carbons (Fsp3) is 0.429. The van der Waals surface area contributed by atoms with Gasteiger partial charge in [-0.15, -0.1) is 0 Å². The molecule has 1 aliphatic rings. The quantitative estimate of drug-likeness (QED) is 0.869. The van der Waals surface area contributed by atoms with E-state index in [2.05, 4.69) is 17.6 Å². The van der Waals surface area contributed by atoms with Gasteiger partial charge >= 0.3 is 0 Å². The first-order valence-corrected chi connectivity index (χ1v) is 6.99. The Balaban J connectivity index is 1.91. The van der Waals surface area contributed by atoms with Gasteiger partial charge in [0.25, 0.3) is 5.91 Å². The van der Waals surface area contributed by atoms with Gasteiger partial charge in [-0.05, 0) is 19.1 Å². The Kier molecular flexibility index (Phi) is 5.11. The number of hydrogen-bond donors (Lipinski definition) is 2. The van der Waals surface area contributed by atoms with Crippen LogP contribution in [0.3, 0.4) is 0 Å². The first kappa shape index (κ1) is 15.0. The first-order valence-electron chi connectivity index (χ1n) is 6.61. The number of carbonyl (C=O) groups is 2. The highest BCUT2D eigenvalue weighted by atomic mass is 35.5. The lowest BCUT2D eigenvalue weighted by atomic mass is 10.2. The summed E-state index contributed by atoms with van der Waals surface area (Å²) in [5.74, 6) is -0.757. The van der Waals surface area contributed by atoms with Crippen LogP contribution in [-0.2, 0) is 4.79 Å². The van der Waals surface area contributed by atoms with Gasteiger partial charge < -0.3 is 5.32 Å². The highest BCUT2D eigenvalue weighted by Gasteiger charge is 2.21. The minimum Gasteiger partial charge on any atom is -0.314 e. The van der Waals surface area contributed by atoms with E-state index < -0.39 is 5.91 Å². The molecule has 0 saturated carbocycles. The molecule has 0 radical (unpaired) electrons. The van der Waals surface area contributed by atoms with Gasteiger partial charge in [0, 0.05) is 25.7 Å². The molecular weight excluding hydrogens is 278 g/mol. The summed E-state index contributed by atoms with van der Waals surface area (Å²) >= 11 is 5.93. The van der Waals surface area contributed by atoms with Crippen molar-refractivity contribution in [3.8, 4) is 0 Å². The summed E-state index contributed by atoms with van der Waals surface area (Å²) in [5.41, 5.74) is 0.316. The van der Waals surface area contributed by atoms with E-state index in [1.165, 1.54) is 0 Å². The Bertz CT molecular complexity index is 507. The van der Waals surface area contributed by atoms with Gasteiger partial charge in [0.05, 0.1) is 17.1 Å². The standard InChI is InChI=1S/C14H18ClN3O2/c1-10-8-16-6-7-18(10)9-13(19)17-14(20)11-4-2-3-5-12(11)15/h2-5,10,16H,6-9H2,1H3,(H,17,19,20). The van der Waals surface area contributed by atoms with Gasteiger partial charge in [0.2, 0.25) is 5.91 Å². The van der Waals surface area contributed by atoms with Crippen molar-refractivity contribution in [1.82, 2.24) is 15.5 Å². The molecule has 20 heavy (non-hydrogen) atoms. The number of carbonyl (C=O) groups excluding carboxylic acids is 2. The highest BCUT2D eigenvalue weighted by Crippen LogP contribution is 2.14. The van der Waals surface area contributed by atoms with Crippen molar-refractivity contribution in [2.75, 3.05) is 26.2 Å². The number of nitrogens with one attached hydrogen (secondary N) is 2. The van der Waals surface area contributed by atoms with E-state index in [1.807, 2.05) is 4.90 Å². The Morgan fingerprint density at radius 3 is 2.90 bits per heavy atom. The van der Waals surface area contributed by atoms with E-state index in [-0.39, 0.29) is 18.5 Å². The van der Waals surface area contributed by atoms with Gasteiger partial charge in [-0.25, -0.2) is 0 Å². The molecule has 6 heteroatoms. The molecule has 1 atom stereocenters. The van der Waals surface area contributed by atoms with Crippen LogP contribution in [0.1, 0.15) is 17.3 Å². The number of imide groups is 1. The van der Waals surface area contributed by atoms with Crippen molar-refractivity contribution >= 4 is 23.4 Å². The van der Waals surface area contributed by atoms with Crippen molar-refractivity contribution in [2.45, 2.75) is 13.0 Å². The molecular formula is C14H18ClN3O2. The van der Waals surface area contributed by atoms with Gasteiger partial charge in [-0.2, -0.15) is 0 Å². The van der Waals surface area contributed by atoms with Crippen LogP contribution < -0.4 is 10.6 Å². The SMILES string of the molecule is CC1CNCCN1CC(=O)NC(=O)c1ccccc1Cl. The number of benzene rings is 1. The average Bonchev–Trinajstić information content (AvgIpc) is 2.41. The summed E-state index contributed by atoms with van der Waals surface area (Å²) in [7, 11) is 0. The van der Waals surface area contributed by atoms with Crippen molar-refractivity contribution in [3.05, 3.63) is 34.9 Å². The zero-order chi connectivity index (χ0) is 14.5. The number of piperazine rings is 1. The van der Waals surface area contributed by atoms with Crippen molar-refractivity contribution in [3.63, 3.8) is 0 Å². The first-order chi connectivity index (χ1) is 9.58. The van der Waals surface area contributed by atoms with Crippen LogP contribution in [0, 0.1) is 0 Å². The second kappa shape index (κ2) is 6.83. The van der Waals surface area contributed by atoms with E-state index in [9.17, 15) is 9.59 Å². The third-order valence-corrected chi connectivity index (χ3v) is 3.69. The van der Waals surface area contributed by atoms with Crippen molar-refractivity contribution in [1.29, 1.82) is 0 Å². The summed E-state index contributed by atoms with van der Waals surface area (Å²) < 4.78 is 0. The highest BCUT2D eigenvalue weighted by molar-refractivity contribution is 6.34. The lowest BCUT2D eigenvalue weighted by Crippen LogP contribution is -2.53. The smallest absolute Gasteiger partial charge is 0.259 e. The second-order valence-electron chi connectivity index (χ2n) is 4.88. The molecule has 2 amide bonds. The summed E-state index contributed by atoms with van der Waals surface area (Å²) in [4.78, 5) is 25.9. The second-order valence-corrected chi connectivity index (χ2v) is 5.29. The maximum Gasteiger partial charge on any atom is 0.259 e. The number of rotatable bonds is 3. The van der Waals surface area contributed by atoms with Gasteiger partial charge in [-0.3, -0.25) is 19.8 Å². The zero-order valence-corrected chi connectivity index (χ0v) is 12.1. The fourth-order valence-corrected chi connectivity index (χ4v) is 2.40. The molecule has 2 N–H and O–H groups in total. The summed E-state index contributed by atoms with van der Waals surface area (Å²) in [6, 6.07) is 6.95. The monoisotopic (exact) mass is 295 g/mol. The van der Waals surface area contributed by atoms with Crippen LogP contribution in [0.4, 0.5) is 0 Å². The van der Waals surface area contributed by atoms with Gasteiger partial charge in [0.1, 0.15) is 0 Å². The number of nitrogens with zero attached hydrogens (tertiary/aromatic N) is 1. The third kappa shape index (κ3) is 3.79. The molecule has 1 saturated heterocycles. The van der Waals surface area contributed by atoms with Crippen LogP contribution in [0.25, 0.3) is 0 Å². The number of halogens is 1. The van der Waals surface area contributed by atoms with E-state index >= 15 is 0 Å². The molecule has 0 spiro atoms. The maximum atomic E-state index is 12.0. The van der Waals surface area contributed by atoms with Crippen molar-refractivity contribution in [2.24, 2.45) is 0 Å². The average molecular weight is 296 g/mol. The Labute approximate surface area is 123 Å². The Morgan fingerprint density at radius 1 is 1.45 bits per heavy atom. The molecule has 0 aromatic heterocycles. The maximum absolute atomic E-state index is 12.0. The van der Waals surface area contributed by atoms with Crippen LogP contribution in [0.15, 0.2) is 24.3 Å². The van der Waals surface area contributed by atoms with E-state index in [4.69, 9.17) is 11.6 Å². The predicted octanol–water partition coefficient (Wildman–Crippen LogP) is 0.890. The van der Waals surface area contributed by atoms with E-state index in [0.29, 0.717) is 10.6 Å². The minimum atomic E-state index is -0.455. The van der Waals surface area contributed by atoms with Crippen LogP contribution in [0.5, 0.6) is 0 Å². The van der Waals surface area contributed by atoms with E-state index in [0.717, 1.165) is 19.6 Å². The topological polar surface area (TPSA) is 61.4 Å². The summed E-state index contributed by atoms with van der Waals surface area (Å²) in [6.07, 6.45) is 0. The Hall–Kier alpha value is -1.43. The number of amides is 2.